The molecular weight excluding hydrogens is 309 g/mol. The summed E-state index contributed by atoms with van der Waals surface area (Å²) in [4.78, 5) is 14.0. The van der Waals surface area contributed by atoms with E-state index in [0.29, 0.717) is 17.2 Å². The summed E-state index contributed by atoms with van der Waals surface area (Å²) in [7, 11) is 4.06. The molecule has 1 heterocycles. The van der Waals surface area contributed by atoms with Crippen LogP contribution in [0.5, 0.6) is 0 Å². The predicted octanol–water partition coefficient (Wildman–Crippen LogP) is 2.16. The van der Waals surface area contributed by atoms with Crippen LogP contribution in [0.2, 0.25) is 0 Å². The van der Waals surface area contributed by atoms with Gasteiger partial charge in [0.15, 0.2) is 5.82 Å². The van der Waals surface area contributed by atoms with Crippen LogP contribution in [0.4, 0.5) is 16.0 Å². The van der Waals surface area contributed by atoms with E-state index in [-0.39, 0.29) is 18.1 Å². The maximum Gasteiger partial charge on any atom is 0.229 e. The number of halogens is 1. The van der Waals surface area contributed by atoms with Crippen LogP contribution in [-0.2, 0) is 11.2 Å². The fourth-order valence-electron chi connectivity index (χ4n) is 2.12. The number of rotatable bonds is 8. The molecule has 2 rings (SSSR count). The van der Waals surface area contributed by atoms with Crippen molar-refractivity contribution in [2.45, 2.75) is 12.8 Å². The number of hydrogen-bond acceptors (Lipinski definition) is 5. The van der Waals surface area contributed by atoms with Gasteiger partial charge in [0.2, 0.25) is 5.91 Å². The van der Waals surface area contributed by atoms with E-state index in [2.05, 4.69) is 25.7 Å². The Morgan fingerprint density at radius 2 is 1.92 bits per heavy atom. The van der Waals surface area contributed by atoms with Crippen molar-refractivity contribution in [3.8, 4) is 0 Å². The minimum atomic E-state index is -0.357. The first-order chi connectivity index (χ1) is 11.5. The van der Waals surface area contributed by atoms with Gasteiger partial charge in [0.05, 0.1) is 6.42 Å². The van der Waals surface area contributed by atoms with Gasteiger partial charge in [-0.3, -0.25) is 4.79 Å². The van der Waals surface area contributed by atoms with E-state index >= 15 is 0 Å². The summed E-state index contributed by atoms with van der Waals surface area (Å²) in [5, 5.41) is 13.8. The SMILES string of the molecule is CN(C)CCCNc1ccc(NC(=O)Cc2cccc(F)c2)nn1. The molecule has 0 atom stereocenters. The maximum atomic E-state index is 13.1. The van der Waals surface area contributed by atoms with Gasteiger partial charge in [0.1, 0.15) is 11.6 Å². The van der Waals surface area contributed by atoms with Crippen LogP contribution in [0.15, 0.2) is 36.4 Å². The third-order valence-corrected chi connectivity index (χ3v) is 3.27. The molecule has 1 amide bonds. The van der Waals surface area contributed by atoms with E-state index < -0.39 is 0 Å². The molecular formula is C17H22FN5O. The summed E-state index contributed by atoms with van der Waals surface area (Å²) < 4.78 is 13.1. The molecule has 128 valence electrons. The Morgan fingerprint density at radius 3 is 2.58 bits per heavy atom. The summed E-state index contributed by atoms with van der Waals surface area (Å²) >= 11 is 0. The van der Waals surface area contributed by atoms with E-state index in [4.69, 9.17) is 0 Å². The summed E-state index contributed by atoms with van der Waals surface area (Å²) in [6.45, 7) is 1.80. The Labute approximate surface area is 141 Å². The molecule has 0 unspecified atom stereocenters. The normalized spacial score (nSPS) is 10.7. The quantitative estimate of drug-likeness (QED) is 0.726. The van der Waals surface area contributed by atoms with Crippen LogP contribution in [0.25, 0.3) is 0 Å². The van der Waals surface area contributed by atoms with E-state index in [1.54, 1.807) is 24.3 Å². The van der Waals surface area contributed by atoms with Crippen molar-refractivity contribution in [1.29, 1.82) is 0 Å². The van der Waals surface area contributed by atoms with Crippen molar-refractivity contribution < 1.29 is 9.18 Å². The molecule has 0 fully saturated rings. The van der Waals surface area contributed by atoms with Gasteiger partial charge in [0.25, 0.3) is 0 Å². The molecule has 2 N–H and O–H groups in total. The fraction of sp³-hybridized carbons (Fsp3) is 0.353. The second-order valence-electron chi connectivity index (χ2n) is 5.74. The lowest BCUT2D eigenvalue weighted by Gasteiger charge is -2.10. The Bertz CT molecular complexity index is 660. The smallest absolute Gasteiger partial charge is 0.229 e. The molecule has 0 aliphatic carbocycles. The zero-order chi connectivity index (χ0) is 17.4. The van der Waals surface area contributed by atoms with E-state index in [1.165, 1.54) is 12.1 Å². The van der Waals surface area contributed by atoms with E-state index in [1.807, 2.05) is 14.1 Å². The molecule has 0 spiro atoms. The Morgan fingerprint density at radius 1 is 1.17 bits per heavy atom. The number of nitrogens with zero attached hydrogens (tertiary/aromatic N) is 3. The highest BCUT2D eigenvalue weighted by Crippen LogP contribution is 2.08. The third-order valence-electron chi connectivity index (χ3n) is 3.27. The van der Waals surface area contributed by atoms with Crippen molar-refractivity contribution in [2.75, 3.05) is 37.8 Å². The minimum absolute atomic E-state index is 0.0873. The first kappa shape index (κ1) is 17.8. The average Bonchev–Trinajstić information content (AvgIpc) is 2.53. The van der Waals surface area contributed by atoms with Crippen LogP contribution in [0.3, 0.4) is 0 Å². The van der Waals surface area contributed by atoms with Crippen molar-refractivity contribution in [3.63, 3.8) is 0 Å². The second-order valence-corrected chi connectivity index (χ2v) is 5.74. The average molecular weight is 331 g/mol. The number of anilines is 2. The summed E-state index contributed by atoms with van der Waals surface area (Å²) in [5.41, 5.74) is 0.611. The molecule has 0 radical (unpaired) electrons. The van der Waals surface area contributed by atoms with E-state index in [9.17, 15) is 9.18 Å². The monoisotopic (exact) mass is 331 g/mol. The highest BCUT2D eigenvalue weighted by molar-refractivity contribution is 5.91. The summed E-state index contributed by atoms with van der Waals surface area (Å²) in [5.74, 6) is 0.415. The highest BCUT2D eigenvalue weighted by atomic mass is 19.1. The standard InChI is InChI=1S/C17H22FN5O/c1-23(2)10-4-9-19-15-7-8-16(22-21-15)20-17(24)12-13-5-3-6-14(18)11-13/h3,5-8,11H,4,9-10,12H2,1-2H3,(H,19,21)(H,20,22,24). The molecule has 0 saturated carbocycles. The van der Waals surface area contributed by atoms with Gasteiger partial charge in [-0.25, -0.2) is 4.39 Å². The molecule has 1 aromatic carbocycles. The van der Waals surface area contributed by atoms with Crippen molar-refractivity contribution in [1.82, 2.24) is 15.1 Å². The first-order valence-corrected chi connectivity index (χ1v) is 7.79. The number of amides is 1. The summed E-state index contributed by atoms with van der Waals surface area (Å²) in [6, 6.07) is 9.41. The molecule has 24 heavy (non-hydrogen) atoms. The van der Waals surface area contributed by atoms with Crippen LogP contribution in [0.1, 0.15) is 12.0 Å². The lowest BCUT2D eigenvalue weighted by molar-refractivity contribution is -0.115. The molecule has 0 bridgehead atoms. The zero-order valence-corrected chi connectivity index (χ0v) is 13.9. The fourth-order valence-corrected chi connectivity index (χ4v) is 2.12. The van der Waals surface area contributed by atoms with Gasteiger partial charge in [-0.05, 0) is 56.9 Å². The van der Waals surface area contributed by atoms with Gasteiger partial charge < -0.3 is 15.5 Å². The van der Waals surface area contributed by atoms with Crippen LogP contribution in [-0.4, -0.2) is 48.2 Å². The van der Waals surface area contributed by atoms with Crippen LogP contribution >= 0.6 is 0 Å². The molecule has 0 aliphatic heterocycles. The molecule has 2 aromatic rings. The van der Waals surface area contributed by atoms with Gasteiger partial charge >= 0.3 is 0 Å². The zero-order valence-electron chi connectivity index (χ0n) is 13.9. The lowest BCUT2D eigenvalue weighted by Crippen LogP contribution is -2.17. The molecule has 1 aromatic heterocycles. The topological polar surface area (TPSA) is 70.2 Å². The first-order valence-electron chi connectivity index (χ1n) is 7.79. The summed E-state index contributed by atoms with van der Waals surface area (Å²) in [6.07, 6.45) is 1.09. The van der Waals surface area contributed by atoms with Gasteiger partial charge in [-0.15, -0.1) is 10.2 Å². The molecule has 0 saturated heterocycles. The molecule has 6 nitrogen and oxygen atoms in total. The number of carbonyl (C=O) groups is 1. The molecule has 0 aliphatic rings. The number of benzene rings is 1. The van der Waals surface area contributed by atoms with Crippen molar-refractivity contribution in [3.05, 3.63) is 47.8 Å². The van der Waals surface area contributed by atoms with Crippen LogP contribution < -0.4 is 10.6 Å². The number of hydrogen-bond donors (Lipinski definition) is 2. The van der Waals surface area contributed by atoms with Crippen molar-refractivity contribution in [2.24, 2.45) is 0 Å². The third kappa shape index (κ3) is 6.29. The number of nitrogens with one attached hydrogen (secondary N) is 2. The van der Waals surface area contributed by atoms with Gasteiger partial charge in [0, 0.05) is 6.54 Å². The maximum absolute atomic E-state index is 13.1. The van der Waals surface area contributed by atoms with Crippen LogP contribution in [0, 0.1) is 5.82 Å². The molecule has 7 heteroatoms. The number of aromatic nitrogens is 2. The van der Waals surface area contributed by atoms with E-state index in [0.717, 1.165) is 19.5 Å². The Balaban J connectivity index is 1.79. The Hall–Kier alpha value is -2.54. The number of carbonyl (C=O) groups excluding carboxylic acids is 1. The second kappa shape index (κ2) is 8.93. The lowest BCUT2D eigenvalue weighted by atomic mass is 10.1. The highest BCUT2D eigenvalue weighted by Gasteiger charge is 2.06. The minimum Gasteiger partial charge on any atom is -0.369 e. The Kier molecular flexibility index (Phi) is 6.62. The van der Waals surface area contributed by atoms with Gasteiger partial charge in [-0.2, -0.15) is 0 Å². The largest absolute Gasteiger partial charge is 0.369 e. The van der Waals surface area contributed by atoms with Gasteiger partial charge in [-0.1, -0.05) is 12.1 Å². The predicted molar refractivity (Wildman–Crippen MR) is 92.4 cm³/mol. The van der Waals surface area contributed by atoms with Crippen molar-refractivity contribution >= 4 is 17.5 Å².